The molecule has 21 heavy (non-hydrogen) atoms. The Morgan fingerprint density at radius 1 is 1.14 bits per heavy atom. The van der Waals surface area contributed by atoms with Crippen LogP contribution in [-0.2, 0) is 10.0 Å². The van der Waals surface area contributed by atoms with Gasteiger partial charge in [-0.15, -0.1) is 0 Å². The second kappa shape index (κ2) is 5.52. The second-order valence-electron chi connectivity index (χ2n) is 5.70. The van der Waals surface area contributed by atoms with Crippen molar-refractivity contribution in [2.45, 2.75) is 23.3 Å². The van der Waals surface area contributed by atoms with Crippen LogP contribution in [0.25, 0.3) is 0 Å². The van der Waals surface area contributed by atoms with E-state index < -0.39 is 10.0 Å². The summed E-state index contributed by atoms with van der Waals surface area (Å²) in [5, 5.41) is 9.72. The van der Waals surface area contributed by atoms with E-state index in [1.165, 1.54) is 4.31 Å². The van der Waals surface area contributed by atoms with E-state index in [0.29, 0.717) is 26.2 Å². The summed E-state index contributed by atoms with van der Waals surface area (Å²) in [5.41, 5.74) is -0.0831. The summed E-state index contributed by atoms with van der Waals surface area (Å²) >= 11 is 6.01. The van der Waals surface area contributed by atoms with Crippen molar-refractivity contribution in [3.63, 3.8) is 0 Å². The van der Waals surface area contributed by atoms with Crippen LogP contribution in [0.4, 0.5) is 0 Å². The highest BCUT2D eigenvalue weighted by molar-refractivity contribution is 7.89. The van der Waals surface area contributed by atoms with Crippen LogP contribution < -0.4 is 0 Å². The standard InChI is InChI=1S/C14H19ClN2O3S/c15-12-3-1-2-4-13(12)21(19,20)17-9-7-16(8-10-17)14(11-18)5-6-14/h1-4,18H,5-11H2. The Kier molecular flexibility index (Phi) is 4.00. The van der Waals surface area contributed by atoms with Crippen LogP contribution in [0.1, 0.15) is 12.8 Å². The van der Waals surface area contributed by atoms with Gasteiger partial charge in [-0.2, -0.15) is 4.31 Å². The number of aliphatic hydroxyl groups is 1. The Bertz CT molecular complexity index is 623. The van der Waals surface area contributed by atoms with Gasteiger partial charge < -0.3 is 5.11 Å². The molecule has 1 aliphatic heterocycles. The van der Waals surface area contributed by atoms with E-state index >= 15 is 0 Å². The molecule has 2 aliphatic rings. The Hall–Kier alpha value is -0.660. The fourth-order valence-electron chi connectivity index (χ4n) is 2.91. The Morgan fingerprint density at radius 2 is 1.76 bits per heavy atom. The summed E-state index contributed by atoms with van der Waals surface area (Å²) in [5.74, 6) is 0. The van der Waals surface area contributed by atoms with Gasteiger partial charge in [-0.1, -0.05) is 23.7 Å². The van der Waals surface area contributed by atoms with E-state index in [-0.39, 0.29) is 22.1 Å². The van der Waals surface area contributed by atoms with Gasteiger partial charge >= 0.3 is 0 Å². The maximum absolute atomic E-state index is 12.6. The lowest BCUT2D eigenvalue weighted by Gasteiger charge is -2.38. The highest BCUT2D eigenvalue weighted by atomic mass is 35.5. The third kappa shape index (κ3) is 2.71. The fourth-order valence-corrected chi connectivity index (χ4v) is 4.83. The summed E-state index contributed by atoms with van der Waals surface area (Å²) in [6.07, 6.45) is 2.00. The molecule has 0 unspecified atom stereocenters. The number of halogens is 1. The zero-order chi connectivity index (χ0) is 15.1. The molecule has 5 nitrogen and oxygen atoms in total. The average molecular weight is 331 g/mol. The molecule has 3 rings (SSSR count). The van der Waals surface area contributed by atoms with Gasteiger partial charge in [0.05, 0.1) is 11.6 Å². The molecule has 1 heterocycles. The maximum Gasteiger partial charge on any atom is 0.244 e. The third-order valence-corrected chi connectivity index (χ3v) is 6.88. The van der Waals surface area contributed by atoms with E-state index in [2.05, 4.69) is 4.90 Å². The minimum absolute atomic E-state index is 0.0831. The molecular formula is C14H19ClN2O3S. The van der Waals surface area contributed by atoms with Gasteiger partial charge in [0.2, 0.25) is 10.0 Å². The SMILES string of the molecule is O=S(=O)(c1ccccc1Cl)N1CCN(C2(CO)CC2)CC1. The van der Waals surface area contributed by atoms with Crippen molar-refractivity contribution in [2.24, 2.45) is 0 Å². The molecular weight excluding hydrogens is 312 g/mol. The van der Waals surface area contributed by atoms with Crippen LogP contribution in [-0.4, -0.2) is 61.1 Å². The molecule has 1 aromatic rings. The minimum atomic E-state index is -3.54. The van der Waals surface area contributed by atoms with E-state index in [1.54, 1.807) is 24.3 Å². The lowest BCUT2D eigenvalue weighted by atomic mass is 10.2. The van der Waals surface area contributed by atoms with Gasteiger partial charge in [-0.3, -0.25) is 4.90 Å². The fraction of sp³-hybridized carbons (Fsp3) is 0.571. The van der Waals surface area contributed by atoms with Crippen molar-refractivity contribution < 1.29 is 13.5 Å². The Morgan fingerprint density at radius 3 is 2.29 bits per heavy atom. The molecule has 1 N–H and O–H groups in total. The average Bonchev–Trinajstić information content (AvgIpc) is 3.29. The van der Waals surface area contributed by atoms with Crippen molar-refractivity contribution in [1.82, 2.24) is 9.21 Å². The number of piperazine rings is 1. The zero-order valence-electron chi connectivity index (χ0n) is 11.7. The molecule has 1 aliphatic carbocycles. The smallest absolute Gasteiger partial charge is 0.244 e. The van der Waals surface area contributed by atoms with Gasteiger partial charge in [0, 0.05) is 31.7 Å². The molecule has 0 amide bonds. The van der Waals surface area contributed by atoms with E-state index in [4.69, 9.17) is 11.6 Å². The van der Waals surface area contributed by atoms with Crippen molar-refractivity contribution in [2.75, 3.05) is 32.8 Å². The first-order valence-electron chi connectivity index (χ1n) is 7.10. The number of benzene rings is 1. The van der Waals surface area contributed by atoms with Crippen LogP contribution in [0.3, 0.4) is 0 Å². The molecule has 1 aromatic carbocycles. The molecule has 116 valence electrons. The van der Waals surface area contributed by atoms with E-state index in [0.717, 1.165) is 12.8 Å². The van der Waals surface area contributed by atoms with Crippen molar-refractivity contribution in [3.8, 4) is 0 Å². The number of hydrogen-bond donors (Lipinski definition) is 1. The van der Waals surface area contributed by atoms with Gasteiger partial charge in [0.1, 0.15) is 4.90 Å². The molecule has 0 atom stereocenters. The van der Waals surface area contributed by atoms with Crippen molar-refractivity contribution >= 4 is 21.6 Å². The van der Waals surface area contributed by atoms with Crippen LogP contribution >= 0.6 is 11.6 Å². The Labute approximate surface area is 130 Å². The van der Waals surface area contributed by atoms with Crippen molar-refractivity contribution in [3.05, 3.63) is 29.3 Å². The van der Waals surface area contributed by atoms with Gasteiger partial charge in [-0.05, 0) is 25.0 Å². The summed E-state index contributed by atoms with van der Waals surface area (Å²) in [7, 11) is -3.54. The molecule has 0 radical (unpaired) electrons. The molecule has 7 heteroatoms. The quantitative estimate of drug-likeness (QED) is 0.900. The minimum Gasteiger partial charge on any atom is -0.394 e. The lowest BCUT2D eigenvalue weighted by Crippen LogP contribution is -2.53. The maximum atomic E-state index is 12.6. The van der Waals surface area contributed by atoms with Gasteiger partial charge in [-0.25, -0.2) is 8.42 Å². The summed E-state index contributed by atoms with van der Waals surface area (Å²) in [4.78, 5) is 2.38. The molecule has 0 spiro atoms. The second-order valence-corrected chi connectivity index (χ2v) is 8.02. The zero-order valence-corrected chi connectivity index (χ0v) is 13.3. The summed E-state index contributed by atoms with van der Waals surface area (Å²) in [6.45, 7) is 2.35. The number of nitrogens with zero attached hydrogens (tertiary/aromatic N) is 2. The van der Waals surface area contributed by atoms with E-state index in [1.807, 2.05) is 0 Å². The first-order chi connectivity index (χ1) is 9.99. The first kappa shape index (κ1) is 15.2. The first-order valence-corrected chi connectivity index (χ1v) is 8.92. The number of sulfonamides is 1. The monoisotopic (exact) mass is 330 g/mol. The molecule has 0 aromatic heterocycles. The predicted octanol–water partition coefficient (Wildman–Crippen LogP) is 1.17. The molecule has 1 saturated heterocycles. The Balaban J connectivity index is 1.73. The van der Waals surface area contributed by atoms with Crippen LogP contribution in [0.2, 0.25) is 5.02 Å². The number of rotatable bonds is 4. The third-order valence-electron chi connectivity index (χ3n) is 4.49. The van der Waals surface area contributed by atoms with Gasteiger partial charge in [0.15, 0.2) is 0 Å². The highest BCUT2D eigenvalue weighted by Crippen LogP contribution is 2.41. The van der Waals surface area contributed by atoms with Crippen LogP contribution in [0, 0.1) is 0 Å². The van der Waals surface area contributed by atoms with Gasteiger partial charge in [0.25, 0.3) is 0 Å². The number of hydrogen-bond acceptors (Lipinski definition) is 4. The number of aliphatic hydroxyl groups excluding tert-OH is 1. The largest absolute Gasteiger partial charge is 0.394 e. The normalized spacial score (nSPS) is 23.1. The van der Waals surface area contributed by atoms with Crippen LogP contribution in [0.15, 0.2) is 29.2 Å². The topological polar surface area (TPSA) is 60.9 Å². The summed E-state index contributed by atoms with van der Waals surface area (Å²) < 4.78 is 26.7. The highest BCUT2D eigenvalue weighted by Gasteiger charge is 2.48. The van der Waals surface area contributed by atoms with Crippen LogP contribution in [0.5, 0.6) is 0 Å². The molecule has 0 bridgehead atoms. The lowest BCUT2D eigenvalue weighted by molar-refractivity contribution is 0.0748. The molecule has 1 saturated carbocycles. The van der Waals surface area contributed by atoms with E-state index in [9.17, 15) is 13.5 Å². The molecule has 2 fully saturated rings. The predicted molar refractivity (Wildman–Crippen MR) is 80.8 cm³/mol. The van der Waals surface area contributed by atoms with Crippen molar-refractivity contribution in [1.29, 1.82) is 0 Å². The summed E-state index contributed by atoms with van der Waals surface area (Å²) in [6, 6.07) is 6.53.